The molecule has 0 spiro atoms. The number of aryl methyl sites for hydroxylation is 1. The summed E-state index contributed by atoms with van der Waals surface area (Å²) in [4.78, 5) is 7.83. The average molecular weight is 361 g/mol. The molecule has 3 aromatic rings. The fourth-order valence-corrected chi connectivity index (χ4v) is 2.45. The largest absolute Gasteiger partial charge is 0.433 e. The monoisotopic (exact) mass is 361 g/mol. The quantitative estimate of drug-likeness (QED) is 0.720. The number of hydrogen-bond donors (Lipinski definition) is 1. The van der Waals surface area contributed by atoms with E-state index in [2.05, 4.69) is 20.4 Å². The van der Waals surface area contributed by atoms with Crippen LogP contribution in [0.2, 0.25) is 0 Å². The maximum Gasteiger partial charge on any atom is 0.433 e. The number of rotatable bonds is 6. The molecule has 0 aliphatic heterocycles. The molecular weight excluding hydrogens is 343 g/mol. The second kappa shape index (κ2) is 7.55. The Morgan fingerprint density at radius 2 is 1.88 bits per heavy atom. The van der Waals surface area contributed by atoms with Gasteiger partial charge in [0.05, 0.1) is 11.9 Å². The Morgan fingerprint density at radius 1 is 1.12 bits per heavy atom. The smallest absolute Gasteiger partial charge is 0.354 e. The van der Waals surface area contributed by atoms with Gasteiger partial charge in [-0.25, -0.2) is 9.97 Å². The molecule has 0 saturated carbocycles. The van der Waals surface area contributed by atoms with Crippen LogP contribution in [0.25, 0.3) is 11.3 Å². The van der Waals surface area contributed by atoms with Gasteiger partial charge in [-0.15, -0.1) is 0 Å². The van der Waals surface area contributed by atoms with Gasteiger partial charge in [-0.05, 0) is 25.0 Å². The van der Waals surface area contributed by atoms with Crippen LogP contribution in [0.3, 0.4) is 0 Å². The standard InChI is InChI=1S/C18H18F3N5/c1-2-26-12-14(11-23-26)15-10-16(18(19,20)21)25-17(24-15)22-9-8-13-6-4-3-5-7-13/h3-7,10-12H,2,8-9H2,1H3,(H,22,24,25). The second-order valence-corrected chi connectivity index (χ2v) is 5.71. The molecule has 3 rings (SSSR count). The Bertz CT molecular complexity index is 859. The van der Waals surface area contributed by atoms with Crippen molar-refractivity contribution in [1.29, 1.82) is 0 Å². The van der Waals surface area contributed by atoms with Crippen LogP contribution in [-0.2, 0) is 19.1 Å². The summed E-state index contributed by atoms with van der Waals surface area (Å²) < 4.78 is 41.2. The highest BCUT2D eigenvalue weighted by Crippen LogP contribution is 2.31. The normalized spacial score (nSPS) is 11.5. The van der Waals surface area contributed by atoms with Crippen molar-refractivity contribution in [2.24, 2.45) is 0 Å². The highest BCUT2D eigenvalue weighted by atomic mass is 19.4. The van der Waals surface area contributed by atoms with E-state index in [1.54, 1.807) is 10.9 Å². The zero-order valence-electron chi connectivity index (χ0n) is 14.2. The lowest BCUT2D eigenvalue weighted by Gasteiger charge is -2.11. The molecule has 1 aromatic carbocycles. The fourth-order valence-electron chi connectivity index (χ4n) is 2.45. The van der Waals surface area contributed by atoms with Gasteiger partial charge in [-0.3, -0.25) is 4.68 Å². The van der Waals surface area contributed by atoms with Gasteiger partial charge in [0, 0.05) is 24.8 Å². The Morgan fingerprint density at radius 3 is 2.54 bits per heavy atom. The van der Waals surface area contributed by atoms with Gasteiger partial charge in [-0.1, -0.05) is 30.3 Å². The lowest BCUT2D eigenvalue weighted by atomic mass is 10.1. The molecule has 26 heavy (non-hydrogen) atoms. The number of alkyl halides is 3. The van der Waals surface area contributed by atoms with E-state index >= 15 is 0 Å². The van der Waals surface area contributed by atoms with Crippen LogP contribution in [0.4, 0.5) is 19.1 Å². The molecule has 0 unspecified atom stereocenters. The number of halogens is 3. The molecule has 136 valence electrons. The third-order valence-electron chi connectivity index (χ3n) is 3.81. The van der Waals surface area contributed by atoms with E-state index in [-0.39, 0.29) is 11.6 Å². The number of nitrogens with one attached hydrogen (secondary N) is 1. The molecule has 8 heteroatoms. The van der Waals surface area contributed by atoms with Crippen molar-refractivity contribution in [3.05, 3.63) is 60.0 Å². The summed E-state index contributed by atoms with van der Waals surface area (Å²) in [5, 5.41) is 6.98. The Hall–Kier alpha value is -2.90. The third kappa shape index (κ3) is 4.38. The van der Waals surface area contributed by atoms with Crippen molar-refractivity contribution in [2.45, 2.75) is 26.1 Å². The lowest BCUT2D eigenvalue weighted by Crippen LogP contribution is -2.14. The van der Waals surface area contributed by atoms with Gasteiger partial charge in [-0.2, -0.15) is 18.3 Å². The summed E-state index contributed by atoms with van der Waals surface area (Å²) in [6.45, 7) is 2.95. The van der Waals surface area contributed by atoms with Crippen molar-refractivity contribution in [3.63, 3.8) is 0 Å². The first-order valence-electron chi connectivity index (χ1n) is 8.22. The van der Waals surface area contributed by atoms with Gasteiger partial charge in [0.25, 0.3) is 0 Å². The number of hydrogen-bond acceptors (Lipinski definition) is 4. The summed E-state index contributed by atoms with van der Waals surface area (Å²) in [6.07, 6.45) is -0.728. The average Bonchev–Trinajstić information content (AvgIpc) is 3.11. The van der Waals surface area contributed by atoms with Crippen LogP contribution in [0.1, 0.15) is 18.2 Å². The van der Waals surface area contributed by atoms with Crippen LogP contribution in [-0.4, -0.2) is 26.3 Å². The van der Waals surface area contributed by atoms with Crippen LogP contribution >= 0.6 is 0 Å². The van der Waals surface area contributed by atoms with Gasteiger partial charge < -0.3 is 5.32 Å². The van der Waals surface area contributed by atoms with Crippen LogP contribution < -0.4 is 5.32 Å². The van der Waals surface area contributed by atoms with Crippen LogP contribution in [0.5, 0.6) is 0 Å². The fraction of sp³-hybridized carbons (Fsp3) is 0.278. The zero-order chi connectivity index (χ0) is 18.6. The lowest BCUT2D eigenvalue weighted by molar-refractivity contribution is -0.141. The predicted molar refractivity (Wildman–Crippen MR) is 92.6 cm³/mol. The van der Waals surface area contributed by atoms with E-state index < -0.39 is 11.9 Å². The zero-order valence-corrected chi connectivity index (χ0v) is 14.2. The molecule has 2 aromatic heterocycles. The van der Waals surface area contributed by atoms with Crippen LogP contribution in [0, 0.1) is 0 Å². The third-order valence-corrected chi connectivity index (χ3v) is 3.81. The molecule has 0 radical (unpaired) electrons. The summed E-state index contributed by atoms with van der Waals surface area (Å²) in [7, 11) is 0. The van der Waals surface area contributed by atoms with E-state index in [4.69, 9.17) is 0 Å². The van der Waals surface area contributed by atoms with E-state index in [0.717, 1.165) is 11.6 Å². The minimum Gasteiger partial charge on any atom is -0.354 e. The SMILES string of the molecule is CCn1cc(-c2cc(C(F)(F)F)nc(NCCc3ccccc3)n2)cn1. The van der Waals surface area contributed by atoms with E-state index in [0.29, 0.717) is 25.1 Å². The highest BCUT2D eigenvalue weighted by Gasteiger charge is 2.34. The molecule has 0 fully saturated rings. The first kappa shape index (κ1) is 17.9. The molecule has 0 bridgehead atoms. The van der Waals surface area contributed by atoms with E-state index in [9.17, 15) is 13.2 Å². The Balaban J connectivity index is 1.82. The van der Waals surface area contributed by atoms with Crippen molar-refractivity contribution < 1.29 is 13.2 Å². The maximum absolute atomic E-state index is 13.2. The van der Waals surface area contributed by atoms with Gasteiger partial charge in [0.15, 0.2) is 5.69 Å². The second-order valence-electron chi connectivity index (χ2n) is 5.71. The summed E-state index contributed by atoms with van der Waals surface area (Å²) in [5.41, 5.74) is 0.811. The molecule has 0 saturated heterocycles. The van der Waals surface area contributed by atoms with Gasteiger partial charge >= 0.3 is 6.18 Å². The first-order valence-corrected chi connectivity index (χ1v) is 8.22. The first-order chi connectivity index (χ1) is 12.5. The molecular formula is C18H18F3N5. The maximum atomic E-state index is 13.2. The summed E-state index contributed by atoms with van der Waals surface area (Å²) in [6, 6.07) is 10.6. The number of benzene rings is 1. The number of aromatic nitrogens is 4. The van der Waals surface area contributed by atoms with Crippen molar-refractivity contribution in [1.82, 2.24) is 19.7 Å². The molecule has 0 aliphatic rings. The highest BCUT2D eigenvalue weighted by molar-refractivity contribution is 5.59. The van der Waals surface area contributed by atoms with Gasteiger partial charge in [0.2, 0.25) is 5.95 Å². The summed E-state index contributed by atoms with van der Waals surface area (Å²) in [5.74, 6) is -0.0463. The van der Waals surface area contributed by atoms with Crippen molar-refractivity contribution in [2.75, 3.05) is 11.9 Å². The molecule has 0 aliphatic carbocycles. The Labute approximate surface area is 148 Å². The minimum absolute atomic E-state index is 0.0463. The molecule has 0 amide bonds. The van der Waals surface area contributed by atoms with Crippen molar-refractivity contribution >= 4 is 5.95 Å². The van der Waals surface area contributed by atoms with Crippen LogP contribution in [0.15, 0.2) is 48.8 Å². The number of nitrogens with zero attached hydrogens (tertiary/aromatic N) is 4. The molecule has 5 nitrogen and oxygen atoms in total. The van der Waals surface area contributed by atoms with Gasteiger partial charge in [0.1, 0.15) is 0 Å². The molecule has 1 N–H and O–H groups in total. The van der Waals surface area contributed by atoms with E-state index in [1.807, 2.05) is 37.3 Å². The van der Waals surface area contributed by atoms with E-state index in [1.165, 1.54) is 6.20 Å². The van der Waals surface area contributed by atoms with Crippen molar-refractivity contribution in [3.8, 4) is 11.3 Å². The predicted octanol–water partition coefficient (Wildman–Crippen LogP) is 4.03. The Kier molecular flexibility index (Phi) is 5.20. The molecule has 0 atom stereocenters. The minimum atomic E-state index is -4.55. The molecule has 2 heterocycles. The summed E-state index contributed by atoms with van der Waals surface area (Å²) >= 11 is 0. The topological polar surface area (TPSA) is 55.6 Å². The number of anilines is 1.